The van der Waals surface area contributed by atoms with Crippen molar-refractivity contribution < 1.29 is 18.0 Å². The first-order valence-corrected chi connectivity index (χ1v) is 4.85. The number of hydrogen-bond donors (Lipinski definition) is 1. The molecule has 0 saturated heterocycles. The number of aromatic nitrogens is 1. The Morgan fingerprint density at radius 3 is 2.41 bits per heavy atom. The molecule has 4 nitrogen and oxygen atoms in total. The fourth-order valence-corrected chi connectivity index (χ4v) is 1.54. The van der Waals surface area contributed by atoms with Crippen LogP contribution in [0.5, 0.6) is 5.75 Å². The predicted octanol–water partition coefficient (Wildman–Crippen LogP) is 2.83. The lowest BCUT2D eigenvalue weighted by molar-refractivity contribution is -0.0498. The van der Waals surface area contributed by atoms with E-state index in [1.807, 2.05) is 0 Å². The number of aryl methyl sites for hydroxylation is 1. The van der Waals surface area contributed by atoms with E-state index in [2.05, 4.69) is 9.89 Å². The number of nitrogens with zero attached hydrogens (tertiary/aromatic N) is 1. The second-order valence-corrected chi connectivity index (χ2v) is 3.41. The number of rotatable bonds is 3. The van der Waals surface area contributed by atoms with Crippen LogP contribution in [-0.2, 0) is 0 Å². The van der Waals surface area contributed by atoms with Gasteiger partial charge in [-0.3, -0.25) is 0 Å². The SMILES string of the molecule is Cc1noc(N)c1-c1ccc(OC(F)F)cc1. The molecule has 2 rings (SSSR count). The predicted molar refractivity (Wildman–Crippen MR) is 57.7 cm³/mol. The number of anilines is 1. The van der Waals surface area contributed by atoms with E-state index in [0.717, 1.165) is 5.56 Å². The van der Waals surface area contributed by atoms with E-state index in [0.29, 0.717) is 11.3 Å². The van der Waals surface area contributed by atoms with Gasteiger partial charge in [-0.05, 0) is 24.6 Å². The minimum Gasteiger partial charge on any atom is -0.435 e. The van der Waals surface area contributed by atoms with Crippen molar-refractivity contribution in [3.05, 3.63) is 30.0 Å². The van der Waals surface area contributed by atoms with Crippen molar-refractivity contribution in [3.8, 4) is 16.9 Å². The maximum absolute atomic E-state index is 12.0. The lowest BCUT2D eigenvalue weighted by Crippen LogP contribution is -2.01. The zero-order valence-electron chi connectivity index (χ0n) is 8.98. The van der Waals surface area contributed by atoms with Gasteiger partial charge in [-0.15, -0.1) is 0 Å². The first-order chi connectivity index (χ1) is 8.08. The number of nitrogen functional groups attached to an aromatic ring is 1. The Morgan fingerprint density at radius 1 is 1.29 bits per heavy atom. The molecule has 0 spiro atoms. The molecule has 0 fully saturated rings. The summed E-state index contributed by atoms with van der Waals surface area (Å²) in [5, 5.41) is 3.71. The average Bonchev–Trinajstić information content (AvgIpc) is 2.59. The van der Waals surface area contributed by atoms with Gasteiger partial charge < -0.3 is 15.0 Å². The molecule has 6 heteroatoms. The van der Waals surface area contributed by atoms with E-state index in [9.17, 15) is 8.78 Å². The van der Waals surface area contributed by atoms with Gasteiger partial charge in [0, 0.05) is 0 Å². The summed E-state index contributed by atoms with van der Waals surface area (Å²) in [6.07, 6.45) is 0. The van der Waals surface area contributed by atoms with Crippen LogP contribution in [0, 0.1) is 6.92 Å². The monoisotopic (exact) mass is 240 g/mol. The van der Waals surface area contributed by atoms with Crippen LogP contribution in [0.15, 0.2) is 28.8 Å². The number of ether oxygens (including phenoxy) is 1. The topological polar surface area (TPSA) is 61.3 Å². The number of halogens is 2. The molecule has 1 heterocycles. The Balaban J connectivity index is 2.30. The largest absolute Gasteiger partial charge is 0.435 e. The molecule has 0 aliphatic carbocycles. The molecule has 0 atom stereocenters. The maximum Gasteiger partial charge on any atom is 0.387 e. The highest BCUT2D eigenvalue weighted by Gasteiger charge is 2.12. The summed E-state index contributed by atoms with van der Waals surface area (Å²) in [6.45, 7) is -1.08. The summed E-state index contributed by atoms with van der Waals surface area (Å²) in [6, 6.07) is 6.11. The normalized spacial score (nSPS) is 10.8. The van der Waals surface area contributed by atoms with E-state index in [1.54, 1.807) is 19.1 Å². The summed E-state index contributed by atoms with van der Waals surface area (Å²) < 4.78 is 33.0. The van der Waals surface area contributed by atoms with E-state index in [4.69, 9.17) is 10.3 Å². The fourth-order valence-electron chi connectivity index (χ4n) is 1.54. The first-order valence-electron chi connectivity index (χ1n) is 4.85. The van der Waals surface area contributed by atoms with Crippen LogP contribution in [0.4, 0.5) is 14.7 Å². The third-order valence-corrected chi connectivity index (χ3v) is 2.26. The highest BCUT2D eigenvalue weighted by molar-refractivity contribution is 5.75. The van der Waals surface area contributed by atoms with E-state index in [1.165, 1.54) is 12.1 Å². The lowest BCUT2D eigenvalue weighted by Gasteiger charge is -2.05. The lowest BCUT2D eigenvalue weighted by atomic mass is 10.1. The van der Waals surface area contributed by atoms with Crippen LogP contribution >= 0.6 is 0 Å². The van der Waals surface area contributed by atoms with Crippen molar-refractivity contribution >= 4 is 5.88 Å². The van der Waals surface area contributed by atoms with Crippen molar-refractivity contribution in [2.75, 3.05) is 5.73 Å². The van der Waals surface area contributed by atoms with E-state index >= 15 is 0 Å². The van der Waals surface area contributed by atoms with Gasteiger partial charge in [0.2, 0.25) is 5.88 Å². The van der Waals surface area contributed by atoms with Crippen molar-refractivity contribution in [1.82, 2.24) is 5.16 Å². The summed E-state index contributed by atoms with van der Waals surface area (Å²) >= 11 is 0. The smallest absolute Gasteiger partial charge is 0.387 e. The zero-order chi connectivity index (χ0) is 12.4. The number of hydrogen-bond acceptors (Lipinski definition) is 4. The second-order valence-electron chi connectivity index (χ2n) is 3.41. The Kier molecular flexibility index (Phi) is 2.95. The van der Waals surface area contributed by atoms with Crippen molar-refractivity contribution in [3.63, 3.8) is 0 Å². The number of benzene rings is 1. The molecule has 0 bridgehead atoms. The molecule has 0 aliphatic rings. The molecule has 1 aromatic carbocycles. The molecule has 90 valence electrons. The Bertz CT molecular complexity index is 489. The Hall–Kier alpha value is -2.11. The molecule has 0 unspecified atom stereocenters. The molecular formula is C11H10F2N2O2. The summed E-state index contributed by atoms with van der Waals surface area (Å²) in [5.74, 6) is 0.293. The van der Waals surface area contributed by atoms with E-state index < -0.39 is 6.61 Å². The molecule has 0 saturated carbocycles. The van der Waals surface area contributed by atoms with Crippen LogP contribution in [0.2, 0.25) is 0 Å². The maximum atomic E-state index is 12.0. The molecule has 0 amide bonds. The van der Waals surface area contributed by atoms with Gasteiger partial charge in [0.05, 0.1) is 11.3 Å². The summed E-state index contributed by atoms with van der Waals surface area (Å²) in [7, 11) is 0. The van der Waals surface area contributed by atoms with Gasteiger partial charge in [0.25, 0.3) is 0 Å². The van der Waals surface area contributed by atoms with Crippen LogP contribution < -0.4 is 10.5 Å². The second kappa shape index (κ2) is 4.40. The van der Waals surface area contributed by atoms with Crippen molar-refractivity contribution in [2.45, 2.75) is 13.5 Å². The minimum atomic E-state index is -2.83. The molecule has 2 aromatic rings. The molecular weight excluding hydrogens is 230 g/mol. The van der Waals surface area contributed by atoms with Crippen molar-refractivity contribution in [1.29, 1.82) is 0 Å². The molecule has 0 aliphatic heterocycles. The van der Waals surface area contributed by atoms with Gasteiger partial charge in [0.15, 0.2) is 0 Å². The Labute approximate surface area is 96.0 Å². The minimum absolute atomic E-state index is 0.0939. The van der Waals surface area contributed by atoms with E-state index in [-0.39, 0.29) is 11.6 Å². The fraction of sp³-hybridized carbons (Fsp3) is 0.182. The highest BCUT2D eigenvalue weighted by atomic mass is 19.3. The van der Waals surface area contributed by atoms with Crippen LogP contribution in [-0.4, -0.2) is 11.8 Å². The van der Waals surface area contributed by atoms with Crippen molar-refractivity contribution in [2.24, 2.45) is 0 Å². The summed E-state index contributed by atoms with van der Waals surface area (Å²) in [4.78, 5) is 0. The highest BCUT2D eigenvalue weighted by Crippen LogP contribution is 2.30. The van der Waals surface area contributed by atoms with Gasteiger partial charge in [-0.2, -0.15) is 8.78 Å². The average molecular weight is 240 g/mol. The summed E-state index contributed by atoms with van der Waals surface area (Å²) in [5.41, 5.74) is 7.65. The van der Waals surface area contributed by atoms with Crippen LogP contribution in [0.1, 0.15) is 5.69 Å². The quantitative estimate of drug-likeness (QED) is 0.896. The van der Waals surface area contributed by atoms with Crippen LogP contribution in [0.3, 0.4) is 0 Å². The third kappa shape index (κ3) is 2.35. The molecule has 2 N–H and O–H groups in total. The Morgan fingerprint density at radius 2 is 1.94 bits per heavy atom. The first kappa shape index (κ1) is 11.4. The molecule has 0 radical (unpaired) electrons. The van der Waals surface area contributed by atoms with Gasteiger partial charge in [0.1, 0.15) is 5.75 Å². The van der Waals surface area contributed by atoms with Gasteiger partial charge in [-0.25, -0.2) is 0 Å². The molecule has 1 aromatic heterocycles. The van der Waals surface area contributed by atoms with Gasteiger partial charge >= 0.3 is 6.61 Å². The zero-order valence-corrected chi connectivity index (χ0v) is 8.98. The number of nitrogens with two attached hydrogens (primary N) is 1. The third-order valence-electron chi connectivity index (χ3n) is 2.26. The van der Waals surface area contributed by atoms with Crippen LogP contribution in [0.25, 0.3) is 11.1 Å². The van der Waals surface area contributed by atoms with Gasteiger partial charge in [-0.1, -0.05) is 17.3 Å². The standard InChI is InChI=1S/C11H10F2N2O2/c1-6-9(10(14)17-15-6)7-2-4-8(5-3-7)16-11(12)13/h2-5,11H,14H2,1H3. The molecule has 17 heavy (non-hydrogen) atoms. The number of alkyl halides is 2.